The number of nitrogens with one attached hydrogen (secondary N) is 1. The van der Waals surface area contributed by atoms with Gasteiger partial charge in [0, 0.05) is 37.9 Å². The Kier molecular flexibility index (Phi) is 4.99. The van der Waals surface area contributed by atoms with E-state index in [-0.39, 0.29) is 0 Å². The van der Waals surface area contributed by atoms with Crippen molar-refractivity contribution >= 4 is 23.0 Å². The maximum atomic E-state index is 5.60. The van der Waals surface area contributed by atoms with E-state index in [0.29, 0.717) is 6.04 Å². The Labute approximate surface area is 155 Å². The van der Waals surface area contributed by atoms with Crippen LogP contribution in [0.5, 0.6) is 0 Å². The summed E-state index contributed by atoms with van der Waals surface area (Å²) in [6.45, 7) is 4.22. The number of para-hydroxylation sites is 1. The van der Waals surface area contributed by atoms with E-state index >= 15 is 0 Å². The van der Waals surface area contributed by atoms with Crippen LogP contribution in [-0.2, 0) is 12.8 Å². The van der Waals surface area contributed by atoms with E-state index in [1.807, 2.05) is 18.2 Å². The number of thiocarbonyl (C=S) groups is 1. The Balaban J connectivity index is 1.31. The molecule has 130 valence electrons. The van der Waals surface area contributed by atoms with Crippen molar-refractivity contribution in [2.24, 2.45) is 0 Å². The molecule has 1 heterocycles. The maximum Gasteiger partial charge on any atom is 0.173 e. The number of aryl methyl sites for hydroxylation is 1. The molecule has 25 heavy (non-hydrogen) atoms. The zero-order valence-electron chi connectivity index (χ0n) is 14.5. The molecule has 2 aromatic rings. The maximum absolute atomic E-state index is 5.60. The van der Waals surface area contributed by atoms with Crippen molar-refractivity contribution < 1.29 is 0 Å². The van der Waals surface area contributed by atoms with E-state index in [9.17, 15) is 0 Å². The second-order valence-corrected chi connectivity index (χ2v) is 7.37. The standard InChI is InChI=1S/C21H25N3S/c25-21(22-19-8-2-1-3-9-19)24-14-12-23(13-15-24)20-11-10-17-6-4-5-7-18(17)16-20/h1-9,20H,10-16H2,(H,22,25)/t20-/m1/s1. The SMILES string of the molecule is S=C(Nc1ccccc1)N1CCN([C@@H]2CCc3ccccc3C2)CC1. The Bertz CT molecular complexity index is 723. The van der Waals surface area contributed by atoms with Crippen LogP contribution in [0, 0.1) is 0 Å². The lowest BCUT2D eigenvalue weighted by molar-refractivity contribution is 0.123. The molecular formula is C21H25N3S. The fraction of sp³-hybridized carbons (Fsp3) is 0.381. The molecule has 2 aliphatic rings. The summed E-state index contributed by atoms with van der Waals surface area (Å²) in [6, 6.07) is 19.8. The molecule has 1 fully saturated rings. The van der Waals surface area contributed by atoms with Crippen molar-refractivity contribution in [2.45, 2.75) is 25.3 Å². The van der Waals surface area contributed by atoms with Crippen LogP contribution in [0.4, 0.5) is 5.69 Å². The minimum Gasteiger partial charge on any atom is -0.346 e. The van der Waals surface area contributed by atoms with Gasteiger partial charge >= 0.3 is 0 Å². The fourth-order valence-corrected chi connectivity index (χ4v) is 4.30. The Morgan fingerprint density at radius 2 is 1.56 bits per heavy atom. The second-order valence-electron chi connectivity index (χ2n) is 6.98. The van der Waals surface area contributed by atoms with Gasteiger partial charge in [-0.1, -0.05) is 42.5 Å². The monoisotopic (exact) mass is 351 g/mol. The molecule has 1 atom stereocenters. The minimum atomic E-state index is 0.688. The van der Waals surface area contributed by atoms with Crippen LogP contribution in [0.25, 0.3) is 0 Å². The third-order valence-electron chi connectivity index (χ3n) is 5.46. The van der Waals surface area contributed by atoms with Crippen LogP contribution in [-0.4, -0.2) is 47.1 Å². The summed E-state index contributed by atoms with van der Waals surface area (Å²) in [5.41, 5.74) is 4.16. The lowest BCUT2D eigenvalue weighted by Gasteiger charge is -2.41. The highest BCUT2D eigenvalue weighted by atomic mass is 32.1. The third-order valence-corrected chi connectivity index (χ3v) is 5.82. The number of hydrogen-bond donors (Lipinski definition) is 1. The van der Waals surface area contributed by atoms with Gasteiger partial charge in [0.1, 0.15) is 0 Å². The topological polar surface area (TPSA) is 18.5 Å². The van der Waals surface area contributed by atoms with Crippen molar-refractivity contribution in [1.82, 2.24) is 9.80 Å². The molecule has 1 aliphatic carbocycles. The first-order chi connectivity index (χ1) is 12.3. The summed E-state index contributed by atoms with van der Waals surface area (Å²) >= 11 is 5.60. The number of nitrogens with zero attached hydrogens (tertiary/aromatic N) is 2. The summed E-state index contributed by atoms with van der Waals surface area (Å²) in [6.07, 6.45) is 3.70. The van der Waals surface area contributed by atoms with E-state index in [1.165, 1.54) is 19.3 Å². The Morgan fingerprint density at radius 3 is 2.32 bits per heavy atom. The van der Waals surface area contributed by atoms with Gasteiger partial charge in [-0.3, -0.25) is 4.90 Å². The van der Waals surface area contributed by atoms with Gasteiger partial charge in [-0.2, -0.15) is 0 Å². The van der Waals surface area contributed by atoms with Gasteiger partial charge in [-0.25, -0.2) is 0 Å². The van der Waals surface area contributed by atoms with Crippen LogP contribution in [0.3, 0.4) is 0 Å². The lowest BCUT2D eigenvalue weighted by atomic mass is 9.87. The molecule has 0 aromatic heterocycles. The summed E-state index contributed by atoms with van der Waals surface area (Å²) in [7, 11) is 0. The Hall–Kier alpha value is -1.91. The summed E-state index contributed by atoms with van der Waals surface area (Å²) in [5.74, 6) is 0. The molecule has 1 aliphatic heterocycles. The predicted molar refractivity (Wildman–Crippen MR) is 108 cm³/mol. The molecular weight excluding hydrogens is 326 g/mol. The molecule has 0 unspecified atom stereocenters. The van der Waals surface area contributed by atoms with Gasteiger partial charge in [0.15, 0.2) is 5.11 Å². The van der Waals surface area contributed by atoms with E-state index in [1.54, 1.807) is 11.1 Å². The third kappa shape index (κ3) is 3.86. The van der Waals surface area contributed by atoms with E-state index < -0.39 is 0 Å². The number of benzene rings is 2. The lowest BCUT2D eigenvalue weighted by Crippen LogP contribution is -2.53. The van der Waals surface area contributed by atoms with Crippen LogP contribution in [0.1, 0.15) is 17.5 Å². The highest BCUT2D eigenvalue weighted by molar-refractivity contribution is 7.80. The molecule has 3 nitrogen and oxygen atoms in total. The Morgan fingerprint density at radius 1 is 0.880 bits per heavy atom. The van der Waals surface area contributed by atoms with E-state index in [4.69, 9.17) is 12.2 Å². The summed E-state index contributed by atoms with van der Waals surface area (Å²) in [5, 5.41) is 4.20. The quantitative estimate of drug-likeness (QED) is 0.834. The van der Waals surface area contributed by atoms with Crippen molar-refractivity contribution in [3.63, 3.8) is 0 Å². The van der Waals surface area contributed by atoms with E-state index in [2.05, 4.69) is 51.5 Å². The highest BCUT2D eigenvalue weighted by Crippen LogP contribution is 2.25. The van der Waals surface area contributed by atoms with Crippen molar-refractivity contribution in [2.75, 3.05) is 31.5 Å². The number of fused-ring (bicyclic) bond motifs is 1. The molecule has 2 aromatic carbocycles. The van der Waals surface area contributed by atoms with Crippen molar-refractivity contribution in [3.05, 3.63) is 65.7 Å². The first-order valence-corrected chi connectivity index (χ1v) is 9.62. The molecule has 0 saturated carbocycles. The zero-order chi connectivity index (χ0) is 17.1. The minimum absolute atomic E-state index is 0.688. The summed E-state index contributed by atoms with van der Waals surface area (Å²) < 4.78 is 0. The molecule has 0 radical (unpaired) electrons. The second kappa shape index (κ2) is 7.54. The predicted octanol–water partition coefficient (Wildman–Crippen LogP) is 3.56. The van der Waals surface area contributed by atoms with Gasteiger partial charge in [-0.05, 0) is 54.7 Å². The van der Waals surface area contributed by atoms with Gasteiger partial charge in [0.25, 0.3) is 0 Å². The zero-order valence-corrected chi connectivity index (χ0v) is 15.3. The fourth-order valence-electron chi connectivity index (χ4n) is 4.00. The molecule has 0 spiro atoms. The number of piperazine rings is 1. The smallest absolute Gasteiger partial charge is 0.173 e. The first kappa shape index (κ1) is 16.6. The van der Waals surface area contributed by atoms with E-state index in [0.717, 1.165) is 37.0 Å². The molecule has 1 N–H and O–H groups in total. The van der Waals surface area contributed by atoms with Crippen LogP contribution >= 0.6 is 12.2 Å². The van der Waals surface area contributed by atoms with Crippen LogP contribution < -0.4 is 5.32 Å². The van der Waals surface area contributed by atoms with Gasteiger partial charge in [-0.15, -0.1) is 0 Å². The molecule has 1 saturated heterocycles. The highest BCUT2D eigenvalue weighted by Gasteiger charge is 2.27. The van der Waals surface area contributed by atoms with Gasteiger partial charge in [0.2, 0.25) is 0 Å². The molecule has 0 bridgehead atoms. The van der Waals surface area contributed by atoms with Gasteiger partial charge in [0.05, 0.1) is 0 Å². The molecule has 4 heteroatoms. The van der Waals surface area contributed by atoms with Gasteiger partial charge < -0.3 is 10.2 Å². The van der Waals surface area contributed by atoms with Crippen molar-refractivity contribution in [3.8, 4) is 0 Å². The van der Waals surface area contributed by atoms with Crippen LogP contribution in [0.2, 0.25) is 0 Å². The molecule has 4 rings (SSSR count). The normalized spacial score (nSPS) is 20.8. The average Bonchev–Trinajstić information content (AvgIpc) is 2.68. The van der Waals surface area contributed by atoms with Crippen LogP contribution in [0.15, 0.2) is 54.6 Å². The number of anilines is 1. The molecule has 0 amide bonds. The number of hydrogen-bond acceptors (Lipinski definition) is 2. The largest absolute Gasteiger partial charge is 0.346 e. The first-order valence-electron chi connectivity index (χ1n) is 9.21. The van der Waals surface area contributed by atoms with Crippen molar-refractivity contribution in [1.29, 1.82) is 0 Å². The number of rotatable bonds is 2. The average molecular weight is 352 g/mol. The summed E-state index contributed by atoms with van der Waals surface area (Å²) in [4.78, 5) is 4.97.